The van der Waals surface area contributed by atoms with Gasteiger partial charge in [-0.2, -0.15) is 0 Å². The largest absolute Gasteiger partial charge is 0.347 e. The molecule has 2 nitrogen and oxygen atoms in total. The highest BCUT2D eigenvalue weighted by molar-refractivity contribution is 9.10. The van der Waals surface area contributed by atoms with E-state index in [0.29, 0.717) is 4.47 Å². The number of hydrogen-bond acceptors (Lipinski definition) is 2. The van der Waals surface area contributed by atoms with E-state index in [4.69, 9.17) is 9.79 Å². The minimum atomic E-state index is -2.68. The van der Waals surface area contributed by atoms with Crippen molar-refractivity contribution >= 4 is 33.5 Å². The van der Waals surface area contributed by atoms with Crippen molar-refractivity contribution in [3.05, 3.63) is 33.8 Å². The molecule has 0 aromatic heterocycles. The van der Waals surface area contributed by atoms with E-state index in [9.17, 15) is 4.39 Å². The van der Waals surface area contributed by atoms with Crippen LogP contribution in [-0.4, -0.2) is 9.79 Å². The van der Waals surface area contributed by atoms with Crippen LogP contribution in [0.4, 0.5) is 4.39 Å². The number of halogens is 2. The highest BCUT2D eigenvalue weighted by Crippen LogP contribution is 2.57. The van der Waals surface area contributed by atoms with E-state index >= 15 is 0 Å². The van der Waals surface area contributed by atoms with Crippen LogP contribution in [0.25, 0.3) is 0 Å². The van der Waals surface area contributed by atoms with Gasteiger partial charge in [-0.1, -0.05) is 44.2 Å². The molecule has 0 bridgehead atoms. The zero-order chi connectivity index (χ0) is 11.6. The maximum atomic E-state index is 13.9. The normalized spacial score (nSPS) is 15.4. The molecule has 0 amide bonds. The molecule has 2 atom stereocenters. The second kappa shape index (κ2) is 5.16. The molecule has 15 heavy (non-hydrogen) atoms. The summed E-state index contributed by atoms with van der Waals surface area (Å²) in [5.74, 6) is 0. The molecule has 1 aromatic carbocycles. The number of aryl methyl sites for hydroxylation is 1. The summed E-state index contributed by atoms with van der Waals surface area (Å²) >= 11 is 3.23. The summed E-state index contributed by atoms with van der Waals surface area (Å²) < 4.78 is 14.5. The van der Waals surface area contributed by atoms with Crippen molar-refractivity contribution < 1.29 is 14.2 Å². The van der Waals surface area contributed by atoms with E-state index in [0.717, 1.165) is 12.0 Å². The lowest BCUT2D eigenvalue weighted by molar-refractivity contribution is 0.340. The molecule has 0 heterocycles. The Balaban J connectivity index is 3.16. The summed E-state index contributed by atoms with van der Waals surface area (Å²) in [6.45, 7) is 2.00. The second-order valence-corrected chi connectivity index (χ2v) is 6.50. The van der Waals surface area contributed by atoms with Crippen molar-refractivity contribution in [2.24, 2.45) is 0 Å². The van der Waals surface area contributed by atoms with Gasteiger partial charge < -0.3 is 9.79 Å². The second-order valence-electron chi connectivity index (χ2n) is 3.13. The first kappa shape index (κ1) is 13.5. The van der Waals surface area contributed by atoms with Gasteiger partial charge in [0, 0.05) is 10.0 Å². The Morgan fingerprint density at radius 1 is 1.53 bits per heavy atom. The SMILES string of the molecule is CCc1ccc(C(F)(P)P(O)O)c(Br)c1. The zero-order valence-electron chi connectivity index (χ0n) is 8.11. The van der Waals surface area contributed by atoms with Crippen molar-refractivity contribution in [1.29, 1.82) is 0 Å². The maximum Gasteiger partial charge on any atom is 0.217 e. The fourth-order valence-corrected chi connectivity index (χ4v) is 2.91. The Labute approximate surface area is 100 Å². The third-order valence-electron chi connectivity index (χ3n) is 2.11. The topological polar surface area (TPSA) is 40.5 Å². The van der Waals surface area contributed by atoms with Crippen LogP contribution < -0.4 is 0 Å². The molecule has 0 spiro atoms. The number of alkyl halides is 1. The average Bonchev–Trinajstić information content (AvgIpc) is 2.16. The predicted octanol–water partition coefficient (Wildman–Crippen LogP) is 3.26. The Bertz CT molecular complexity index is 358. The van der Waals surface area contributed by atoms with Crippen molar-refractivity contribution in [2.75, 3.05) is 0 Å². The van der Waals surface area contributed by atoms with Crippen LogP contribution in [0.5, 0.6) is 0 Å². The molecule has 0 aliphatic carbocycles. The molecule has 1 rings (SSSR count). The smallest absolute Gasteiger partial charge is 0.217 e. The summed E-state index contributed by atoms with van der Waals surface area (Å²) in [7, 11) is -0.840. The van der Waals surface area contributed by atoms with Gasteiger partial charge in [-0.25, -0.2) is 4.39 Å². The monoisotopic (exact) mass is 312 g/mol. The van der Waals surface area contributed by atoms with Crippen LogP contribution in [0.3, 0.4) is 0 Å². The number of benzene rings is 1. The van der Waals surface area contributed by atoms with E-state index in [1.165, 1.54) is 0 Å². The molecule has 0 aliphatic heterocycles. The Kier molecular flexibility index (Phi) is 4.64. The quantitative estimate of drug-likeness (QED) is 0.841. The van der Waals surface area contributed by atoms with Crippen LogP contribution >= 0.6 is 33.5 Å². The van der Waals surface area contributed by atoms with Crippen LogP contribution in [0.1, 0.15) is 18.1 Å². The molecule has 2 N–H and O–H groups in total. The van der Waals surface area contributed by atoms with Gasteiger partial charge in [0.05, 0.1) is 0 Å². The van der Waals surface area contributed by atoms with Crippen molar-refractivity contribution in [2.45, 2.75) is 18.5 Å². The fourth-order valence-electron chi connectivity index (χ4n) is 1.17. The molecule has 0 saturated heterocycles. The minimum Gasteiger partial charge on any atom is -0.347 e. The minimum absolute atomic E-state index is 0.237. The fraction of sp³-hybridized carbons (Fsp3) is 0.333. The maximum absolute atomic E-state index is 13.9. The number of rotatable bonds is 3. The average molecular weight is 313 g/mol. The zero-order valence-corrected chi connectivity index (χ0v) is 11.7. The molecule has 0 fully saturated rings. The first-order valence-electron chi connectivity index (χ1n) is 4.34. The lowest BCUT2D eigenvalue weighted by Crippen LogP contribution is -2.09. The summed E-state index contributed by atoms with van der Waals surface area (Å²) in [5.41, 5.74) is 1.30. The van der Waals surface area contributed by atoms with E-state index < -0.39 is 13.5 Å². The van der Waals surface area contributed by atoms with Crippen molar-refractivity contribution in [3.63, 3.8) is 0 Å². The first-order chi connectivity index (χ1) is 6.89. The summed E-state index contributed by atoms with van der Waals surface area (Å²) in [4.78, 5) is 18.0. The number of hydrogen-bond donors (Lipinski definition) is 2. The molecule has 2 unspecified atom stereocenters. The van der Waals surface area contributed by atoms with Crippen LogP contribution in [-0.2, 0) is 11.6 Å². The van der Waals surface area contributed by atoms with Crippen LogP contribution in [0.2, 0.25) is 0 Å². The van der Waals surface area contributed by atoms with Crippen LogP contribution in [0, 0.1) is 0 Å². The molecule has 1 aromatic rings. The van der Waals surface area contributed by atoms with E-state index in [2.05, 4.69) is 15.9 Å². The molecule has 0 radical (unpaired) electrons. The highest BCUT2D eigenvalue weighted by Gasteiger charge is 2.36. The van der Waals surface area contributed by atoms with E-state index in [-0.39, 0.29) is 5.56 Å². The van der Waals surface area contributed by atoms with Gasteiger partial charge in [0.2, 0.25) is 13.5 Å². The summed E-state index contributed by atoms with van der Waals surface area (Å²) in [6, 6.07) is 5.13. The third kappa shape index (κ3) is 2.95. The van der Waals surface area contributed by atoms with E-state index in [1.54, 1.807) is 18.2 Å². The van der Waals surface area contributed by atoms with Crippen molar-refractivity contribution in [3.8, 4) is 0 Å². The lowest BCUT2D eigenvalue weighted by Gasteiger charge is -2.23. The Morgan fingerprint density at radius 2 is 2.13 bits per heavy atom. The summed E-state index contributed by atoms with van der Waals surface area (Å²) in [5, 5.41) is -2.18. The predicted molar refractivity (Wildman–Crippen MR) is 67.4 cm³/mol. The molecule has 0 saturated carbocycles. The van der Waals surface area contributed by atoms with Gasteiger partial charge in [0.15, 0.2) is 0 Å². The van der Waals surface area contributed by atoms with Gasteiger partial charge in [-0.05, 0) is 18.1 Å². The molecule has 6 heteroatoms. The van der Waals surface area contributed by atoms with Gasteiger partial charge in [-0.3, -0.25) is 0 Å². The molecular formula is C9H12BrFO2P2. The Morgan fingerprint density at radius 3 is 2.53 bits per heavy atom. The molecular weight excluding hydrogens is 301 g/mol. The lowest BCUT2D eigenvalue weighted by atomic mass is 10.1. The van der Waals surface area contributed by atoms with Gasteiger partial charge >= 0.3 is 0 Å². The molecule has 84 valence electrons. The van der Waals surface area contributed by atoms with Crippen molar-refractivity contribution in [1.82, 2.24) is 0 Å². The summed E-state index contributed by atoms with van der Waals surface area (Å²) in [6.07, 6.45) is 0.849. The van der Waals surface area contributed by atoms with Gasteiger partial charge in [-0.15, -0.1) is 0 Å². The highest BCUT2D eigenvalue weighted by atomic mass is 79.9. The third-order valence-corrected chi connectivity index (χ3v) is 4.59. The first-order valence-corrected chi connectivity index (χ1v) is 6.96. The van der Waals surface area contributed by atoms with E-state index in [1.807, 2.05) is 16.2 Å². The van der Waals surface area contributed by atoms with Gasteiger partial charge in [0.1, 0.15) is 0 Å². The van der Waals surface area contributed by atoms with Crippen LogP contribution in [0.15, 0.2) is 22.7 Å². The van der Waals surface area contributed by atoms with Gasteiger partial charge in [0.25, 0.3) is 0 Å². The standard InChI is InChI=1S/C9H12BrFO2P2/c1-2-6-3-4-7(8(10)5-6)9(11,14)15(12)13/h3-5,12-13H,2,14H2,1H3. The molecule has 0 aliphatic rings. The Hall–Kier alpha value is 0.410.